The number of halogens is 4. The van der Waals surface area contributed by atoms with Crippen molar-refractivity contribution in [1.29, 1.82) is 0 Å². The molecule has 0 saturated carbocycles. The smallest absolute Gasteiger partial charge is 0.389 e. The summed E-state index contributed by atoms with van der Waals surface area (Å²) in [5.74, 6) is -1.31. The maximum absolute atomic E-state index is 16.3. The van der Waals surface area contributed by atoms with Gasteiger partial charge in [-0.2, -0.15) is 18.3 Å². The normalized spacial score (nSPS) is 13.8. The minimum Gasteiger partial charge on any atom is -0.494 e. The molecule has 0 atom stereocenters. The molecule has 0 aliphatic carbocycles. The number of fused-ring (bicyclic) bond motifs is 2. The molecular formula is C57H59F4N3O5S. The third-order valence-corrected chi connectivity index (χ3v) is 13.8. The van der Waals surface area contributed by atoms with E-state index in [2.05, 4.69) is 68.1 Å². The third-order valence-electron chi connectivity index (χ3n) is 12.7. The monoisotopic (exact) mass is 973 g/mol. The number of ether oxygens (including phenoxy) is 4. The first-order valence-corrected chi connectivity index (χ1v) is 24.8. The molecule has 8 nitrogen and oxygen atoms in total. The van der Waals surface area contributed by atoms with E-state index in [9.17, 15) is 18.0 Å². The minimum absolute atomic E-state index is 0.0330. The molecule has 13 heteroatoms. The number of nitrogens with zero attached hydrogens (tertiary/aromatic N) is 3. The second kappa shape index (κ2) is 22.3. The molecule has 70 heavy (non-hydrogen) atoms. The van der Waals surface area contributed by atoms with Crippen molar-refractivity contribution in [2.24, 2.45) is 10.5 Å². The molecule has 0 N–H and O–H groups in total. The molecule has 7 aromatic rings. The Bertz CT molecular complexity index is 2870. The zero-order valence-corrected chi connectivity index (χ0v) is 40.9. The van der Waals surface area contributed by atoms with Crippen LogP contribution >= 0.6 is 11.3 Å². The summed E-state index contributed by atoms with van der Waals surface area (Å²) in [5.41, 5.74) is 5.94. The van der Waals surface area contributed by atoms with Crippen molar-refractivity contribution >= 4 is 49.6 Å². The Kier molecular flexibility index (Phi) is 16.0. The number of carbonyl (C=O) groups excluding carboxylic acids is 1. The van der Waals surface area contributed by atoms with Crippen LogP contribution in [0.2, 0.25) is 0 Å². The highest BCUT2D eigenvalue weighted by molar-refractivity contribution is 7.22. The van der Waals surface area contributed by atoms with Gasteiger partial charge in [0.2, 0.25) is 5.13 Å². The third kappa shape index (κ3) is 13.0. The SMILES string of the molecule is CCC1(COCCCCCCOc2ccc(C(=O)Oc3cc(/C=N/N(CCCC(F)(F)F)c4nc5ccccc5s4)c(-c4ccc5cc(-c6ccc(C(C)(C)C)cc6)ccc5c4)cc3F)cc2)COC1. The van der Waals surface area contributed by atoms with Gasteiger partial charge in [-0.15, -0.1) is 0 Å². The zero-order valence-electron chi connectivity index (χ0n) is 40.1. The molecule has 1 aliphatic rings. The van der Waals surface area contributed by atoms with Crippen molar-refractivity contribution in [2.45, 2.75) is 84.2 Å². The number of thiazole rings is 1. The van der Waals surface area contributed by atoms with Crippen LogP contribution < -0.4 is 14.5 Å². The summed E-state index contributed by atoms with van der Waals surface area (Å²) in [7, 11) is 0. The first-order valence-electron chi connectivity index (χ1n) is 24.0. The van der Waals surface area contributed by atoms with Crippen LogP contribution in [-0.4, -0.2) is 62.9 Å². The van der Waals surface area contributed by atoms with Crippen molar-refractivity contribution < 1.29 is 41.3 Å². The van der Waals surface area contributed by atoms with Crippen molar-refractivity contribution in [3.05, 3.63) is 144 Å². The van der Waals surface area contributed by atoms with Crippen LogP contribution in [0.15, 0.2) is 126 Å². The number of carbonyl (C=O) groups is 1. The Balaban J connectivity index is 0.999. The van der Waals surface area contributed by atoms with Gasteiger partial charge in [0.05, 0.1) is 48.4 Å². The molecule has 6 aromatic carbocycles. The molecule has 2 heterocycles. The van der Waals surface area contributed by atoms with E-state index in [1.807, 2.05) is 54.6 Å². The molecule has 0 bridgehead atoms. The highest BCUT2D eigenvalue weighted by Crippen LogP contribution is 2.36. The fourth-order valence-corrected chi connectivity index (χ4v) is 9.21. The lowest BCUT2D eigenvalue weighted by atomic mass is 9.84. The van der Waals surface area contributed by atoms with E-state index < -0.39 is 24.4 Å². The fourth-order valence-electron chi connectivity index (χ4n) is 8.26. The summed E-state index contributed by atoms with van der Waals surface area (Å²) in [6, 6.07) is 37.1. The van der Waals surface area contributed by atoms with E-state index >= 15 is 4.39 Å². The van der Waals surface area contributed by atoms with Gasteiger partial charge in [0, 0.05) is 30.6 Å². The Hall–Kier alpha value is -6.15. The average molecular weight is 974 g/mol. The van der Waals surface area contributed by atoms with Gasteiger partial charge in [0.25, 0.3) is 0 Å². The number of aromatic nitrogens is 1. The van der Waals surface area contributed by atoms with Gasteiger partial charge in [-0.05, 0) is 137 Å². The standard InChI is InChI=1S/C57H59F4N3O5S/c1-5-56(37-67-38-56)36-66-29-10-6-7-11-30-68-47-25-21-40(22-26-47)53(65)69-51-33-45(35-62-64(28-12-27-57(59,60)61)54-63-50-13-8-9-14-52(50)70-54)48(34-49(51)58)44-18-17-42-31-41(15-16-43(42)32-44)39-19-23-46(24-20-39)55(2,3)4/h8-9,13-26,31-35H,5-7,10-12,27-30,36-38H2,1-4H3/b62-35+. The molecule has 8 rings (SSSR count). The highest BCUT2D eigenvalue weighted by atomic mass is 32.1. The summed E-state index contributed by atoms with van der Waals surface area (Å²) in [6.45, 7) is 12.2. The topological polar surface area (TPSA) is 82.5 Å². The van der Waals surface area contributed by atoms with E-state index in [0.717, 1.165) is 85.1 Å². The number of hydrogen-bond donors (Lipinski definition) is 0. The molecule has 1 fully saturated rings. The Morgan fingerprint density at radius 3 is 2.17 bits per heavy atom. The number of benzene rings is 6. The summed E-state index contributed by atoms with van der Waals surface area (Å²) < 4.78 is 80.1. The predicted octanol–water partition coefficient (Wildman–Crippen LogP) is 15.0. The lowest BCUT2D eigenvalue weighted by Gasteiger charge is -2.40. The van der Waals surface area contributed by atoms with Crippen LogP contribution in [0.4, 0.5) is 22.7 Å². The van der Waals surface area contributed by atoms with Crippen LogP contribution in [0.5, 0.6) is 11.5 Å². The number of rotatable bonds is 21. The van der Waals surface area contributed by atoms with Crippen molar-refractivity contribution in [2.75, 3.05) is 44.6 Å². The molecule has 1 aliphatic heterocycles. The summed E-state index contributed by atoms with van der Waals surface area (Å²) >= 11 is 1.30. The van der Waals surface area contributed by atoms with E-state index in [4.69, 9.17) is 18.9 Å². The summed E-state index contributed by atoms with van der Waals surface area (Å²) in [6.07, 6.45) is 0.816. The van der Waals surface area contributed by atoms with Crippen LogP contribution in [0.1, 0.15) is 94.1 Å². The van der Waals surface area contributed by atoms with Crippen LogP contribution in [0.3, 0.4) is 0 Å². The summed E-state index contributed by atoms with van der Waals surface area (Å²) in [4.78, 5) is 18.2. The Morgan fingerprint density at radius 2 is 1.50 bits per heavy atom. The van der Waals surface area contributed by atoms with E-state index in [1.165, 1.54) is 40.3 Å². The van der Waals surface area contributed by atoms with Crippen molar-refractivity contribution in [3.63, 3.8) is 0 Å². The zero-order chi connectivity index (χ0) is 49.3. The average Bonchev–Trinajstić information content (AvgIpc) is 3.77. The lowest BCUT2D eigenvalue weighted by Crippen LogP contribution is -2.45. The minimum atomic E-state index is -4.35. The first kappa shape index (κ1) is 50.2. The van der Waals surface area contributed by atoms with Gasteiger partial charge in [0.15, 0.2) is 11.6 Å². The van der Waals surface area contributed by atoms with Crippen molar-refractivity contribution in [1.82, 2.24) is 4.98 Å². The number of esters is 1. The molecular weight excluding hydrogens is 915 g/mol. The van der Waals surface area contributed by atoms with Gasteiger partial charge >= 0.3 is 12.1 Å². The number of alkyl halides is 3. The number of para-hydroxylation sites is 1. The second-order valence-corrected chi connectivity index (χ2v) is 20.1. The molecule has 0 radical (unpaired) electrons. The molecule has 1 saturated heterocycles. The molecule has 1 aromatic heterocycles. The second-order valence-electron chi connectivity index (χ2n) is 19.1. The number of unbranched alkanes of at least 4 members (excludes halogenated alkanes) is 3. The van der Waals surface area contributed by atoms with E-state index in [-0.39, 0.29) is 35.1 Å². The van der Waals surface area contributed by atoms with Gasteiger partial charge in [0.1, 0.15) is 5.75 Å². The maximum Gasteiger partial charge on any atom is 0.389 e. The van der Waals surface area contributed by atoms with Crippen molar-refractivity contribution in [3.8, 4) is 33.8 Å². The van der Waals surface area contributed by atoms with Gasteiger partial charge in [-0.3, -0.25) is 0 Å². The van der Waals surface area contributed by atoms with E-state index in [0.29, 0.717) is 39.7 Å². The summed E-state index contributed by atoms with van der Waals surface area (Å²) in [5, 5.41) is 8.39. The Morgan fingerprint density at radius 1 is 0.814 bits per heavy atom. The van der Waals surface area contributed by atoms with E-state index in [1.54, 1.807) is 24.3 Å². The predicted molar refractivity (Wildman–Crippen MR) is 273 cm³/mol. The van der Waals surface area contributed by atoms with Crippen LogP contribution in [-0.2, 0) is 14.9 Å². The first-order chi connectivity index (χ1) is 33.6. The lowest BCUT2D eigenvalue weighted by molar-refractivity contribution is -0.150. The van der Waals surface area contributed by atoms with Gasteiger partial charge in [-0.25, -0.2) is 19.2 Å². The number of hydrogen-bond acceptors (Lipinski definition) is 9. The molecule has 0 spiro atoms. The molecule has 0 amide bonds. The van der Waals surface area contributed by atoms with Crippen LogP contribution in [0, 0.1) is 11.2 Å². The quantitative estimate of drug-likeness (QED) is 0.0177. The van der Waals surface area contributed by atoms with Gasteiger partial charge in [-0.1, -0.05) is 106 Å². The maximum atomic E-state index is 16.3. The molecule has 366 valence electrons. The fraction of sp³-hybridized carbons (Fsp3) is 0.351. The largest absolute Gasteiger partial charge is 0.494 e. The van der Waals surface area contributed by atoms with Crippen LogP contribution in [0.25, 0.3) is 43.2 Å². The Labute approximate surface area is 411 Å². The van der Waals surface area contributed by atoms with Gasteiger partial charge < -0.3 is 18.9 Å². The molecule has 0 unspecified atom stereocenters. The highest BCUT2D eigenvalue weighted by Gasteiger charge is 2.37. The number of hydrazone groups is 1. The number of anilines is 1.